The fourth-order valence-corrected chi connectivity index (χ4v) is 2.47. The molecule has 0 radical (unpaired) electrons. The molecule has 4 N–H and O–H groups in total. The van der Waals surface area contributed by atoms with E-state index in [0.29, 0.717) is 17.9 Å². The van der Waals surface area contributed by atoms with E-state index in [4.69, 9.17) is 10.5 Å². The Hall–Kier alpha value is -1.63. The van der Waals surface area contributed by atoms with Gasteiger partial charge in [-0.25, -0.2) is 0 Å². The minimum Gasteiger partial charge on any atom is -0.490 e. The van der Waals surface area contributed by atoms with Gasteiger partial charge in [0.1, 0.15) is 24.6 Å². The fraction of sp³-hybridized carbons (Fsp3) is 0.462. The van der Waals surface area contributed by atoms with Crippen molar-refractivity contribution in [1.29, 1.82) is 0 Å². The lowest BCUT2D eigenvalue weighted by molar-refractivity contribution is -0.0248. The molecule has 3 rings (SSSR count). The molecule has 0 amide bonds. The first-order valence-electron chi connectivity index (χ1n) is 6.31. The molecule has 6 nitrogen and oxygen atoms in total. The Morgan fingerprint density at radius 1 is 1.53 bits per heavy atom. The van der Waals surface area contributed by atoms with Gasteiger partial charge in [0.2, 0.25) is 0 Å². The Labute approximate surface area is 110 Å². The number of nitrogens with zero attached hydrogens (tertiary/aromatic N) is 2. The molecule has 0 saturated heterocycles. The molecule has 102 valence electrons. The summed E-state index contributed by atoms with van der Waals surface area (Å²) in [4.78, 5) is 0. The zero-order valence-electron chi connectivity index (χ0n) is 10.7. The largest absolute Gasteiger partial charge is 0.490 e. The average molecular weight is 263 g/mol. The molecule has 0 bridgehead atoms. The zero-order chi connectivity index (χ0) is 13.6. The molecular weight excluding hydrogens is 246 g/mol. The average Bonchev–Trinajstić information content (AvgIpc) is 2.76. The van der Waals surface area contributed by atoms with Gasteiger partial charge in [-0.05, 0) is 19.1 Å². The lowest BCUT2D eigenvalue weighted by Crippen LogP contribution is -2.31. The summed E-state index contributed by atoms with van der Waals surface area (Å²) in [5.41, 5.74) is 7.18. The number of hydrogen-bond acceptors (Lipinski definition) is 5. The highest BCUT2D eigenvalue weighted by atomic mass is 16.5. The van der Waals surface area contributed by atoms with Crippen LogP contribution in [0.4, 0.5) is 0 Å². The second-order valence-corrected chi connectivity index (χ2v) is 5.04. The Kier molecular flexibility index (Phi) is 2.93. The van der Waals surface area contributed by atoms with Crippen LogP contribution in [0.2, 0.25) is 0 Å². The van der Waals surface area contributed by atoms with Crippen molar-refractivity contribution in [2.75, 3.05) is 6.61 Å². The summed E-state index contributed by atoms with van der Waals surface area (Å²) < 4.78 is 7.21. The predicted molar refractivity (Wildman–Crippen MR) is 69.8 cm³/mol. The molecule has 2 aromatic rings. The SMILES string of the molecule is C[C@H](N)Cn1ncc2ccc3c(c21)[C@H](O)[C@H](O)CO3. The summed E-state index contributed by atoms with van der Waals surface area (Å²) in [6, 6.07) is 3.64. The van der Waals surface area contributed by atoms with E-state index in [0.717, 1.165) is 10.9 Å². The van der Waals surface area contributed by atoms with Gasteiger partial charge in [-0.15, -0.1) is 0 Å². The lowest BCUT2D eigenvalue weighted by atomic mass is 9.98. The van der Waals surface area contributed by atoms with Gasteiger partial charge >= 0.3 is 0 Å². The second kappa shape index (κ2) is 4.48. The van der Waals surface area contributed by atoms with Crippen molar-refractivity contribution < 1.29 is 14.9 Å². The number of fused-ring (bicyclic) bond motifs is 3. The van der Waals surface area contributed by atoms with Crippen LogP contribution in [0, 0.1) is 0 Å². The van der Waals surface area contributed by atoms with Gasteiger partial charge in [0.15, 0.2) is 0 Å². The molecular formula is C13H17N3O3. The maximum atomic E-state index is 10.2. The maximum Gasteiger partial charge on any atom is 0.127 e. The van der Waals surface area contributed by atoms with E-state index < -0.39 is 12.2 Å². The molecule has 1 aromatic carbocycles. The molecule has 0 aliphatic carbocycles. The van der Waals surface area contributed by atoms with Crippen LogP contribution in [-0.2, 0) is 6.54 Å². The second-order valence-electron chi connectivity index (χ2n) is 5.04. The first-order valence-corrected chi connectivity index (χ1v) is 6.31. The summed E-state index contributed by atoms with van der Waals surface area (Å²) in [5, 5.41) is 25.2. The smallest absolute Gasteiger partial charge is 0.127 e. The third-order valence-electron chi connectivity index (χ3n) is 3.33. The topological polar surface area (TPSA) is 93.5 Å². The number of aliphatic hydroxyl groups is 2. The standard InChI is InChI=1S/C13H17N3O3/c1-7(14)5-16-12-8(4-15-16)2-3-10-11(12)13(18)9(17)6-19-10/h2-4,7,9,13,17-18H,5-6,14H2,1H3/t7-,9+,13+/m0/s1. The minimum atomic E-state index is -0.962. The Morgan fingerprint density at radius 3 is 3.05 bits per heavy atom. The molecule has 6 heteroatoms. The van der Waals surface area contributed by atoms with Gasteiger partial charge in [0.05, 0.1) is 23.8 Å². The molecule has 2 heterocycles. The van der Waals surface area contributed by atoms with Crippen molar-refractivity contribution in [1.82, 2.24) is 9.78 Å². The molecule has 0 fully saturated rings. The lowest BCUT2D eigenvalue weighted by Gasteiger charge is -2.27. The summed E-state index contributed by atoms with van der Waals surface area (Å²) in [7, 11) is 0. The highest BCUT2D eigenvalue weighted by Crippen LogP contribution is 2.37. The van der Waals surface area contributed by atoms with E-state index >= 15 is 0 Å². The number of ether oxygens (including phenoxy) is 1. The minimum absolute atomic E-state index is 0.0504. The first kappa shape index (κ1) is 12.4. The van der Waals surface area contributed by atoms with Crippen LogP contribution in [-0.4, -0.2) is 38.7 Å². The van der Waals surface area contributed by atoms with Crippen molar-refractivity contribution in [2.45, 2.75) is 31.7 Å². The summed E-state index contributed by atoms with van der Waals surface area (Å²) in [6.07, 6.45) is -0.154. The third-order valence-corrected chi connectivity index (χ3v) is 3.33. The van der Waals surface area contributed by atoms with Gasteiger partial charge in [0, 0.05) is 11.4 Å². The van der Waals surface area contributed by atoms with Crippen molar-refractivity contribution in [2.24, 2.45) is 5.73 Å². The monoisotopic (exact) mass is 263 g/mol. The van der Waals surface area contributed by atoms with Crippen LogP contribution in [0.3, 0.4) is 0 Å². The van der Waals surface area contributed by atoms with Gasteiger partial charge in [-0.1, -0.05) is 0 Å². The molecule has 19 heavy (non-hydrogen) atoms. The van der Waals surface area contributed by atoms with E-state index in [9.17, 15) is 10.2 Å². The Bertz CT molecular complexity index is 608. The predicted octanol–water partition coefficient (Wildman–Crippen LogP) is 0.170. The van der Waals surface area contributed by atoms with Gasteiger partial charge < -0.3 is 20.7 Å². The number of hydrogen-bond donors (Lipinski definition) is 3. The van der Waals surface area contributed by atoms with Crippen molar-refractivity contribution in [3.05, 3.63) is 23.9 Å². The molecule has 0 spiro atoms. The third kappa shape index (κ3) is 1.98. The molecule has 3 atom stereocenters. The van der Waals surface area contributed by atoms with Gasteiger partial charge in [-0.3, -0.25) is 4.68 Å². The number of aliphatic hydroxyl groups excluding tert-OH is 2. The zero-order valence-corrected chi connectivity index (χ0v) is 10.7. The highest BCUT2D eigenvalue weighted by molar-refractivity contribution is 5.85. The Morgan fingerprint density at radius 2 is 2.32 bits per heavy atom. The van der Waals surface area contributed by atoms with Crippen LogP contribution in [0.1, 0.15) is 18.6 Å². The molecule has 1 aromatic heterocycles. The normalized spacial score (nSPS) is 24.0. The van der Waals surface area contributed by atoms with E-state index in [1.54, 1.807) is 16.9 Å². The van der Waals surface area contributed by atoms with Gasteiger partial charge in [0.25, 0.3) is 0 Å². The van der Waals surface area contributed by atoms with E-state index in [1.807, 2.05) is 13.0 Å². The number of nitrogens with two attached hydrogens (primary N) is 1. The fourth-order valence-electron chi connectivity index (χ4n) is 2.47. The Balaban J connectivity index is 2.21. The van der Waals surface area contributed by atoms with E-state index in [1.165, 1.54) is 0 Å². The molecule has 0 unspecified atom stereocenters. The van der Waals surface area contributed by atoms with E-state index in [-0.39, 0.29) is 12.6 Å². The van der Waals surface area contributed by atoms with Crippen LogP contribution in [0.5, 0.6) is 5.75 Å². The van der Waals surface area contributed by atoms with Crippen LogP contribution < -0.4 is 10.5 Å². The number of benzene rings is 1. The van der Waals surface area contributed by atoms with Crippen LogP contribution in [0.15, 0.2) is 18.3 Å². The van der Waals surface area contributed by atoms with Crippen molar-refractivity contribution >= 4 is 10.9 Å². The van der Waals surface area contributed by atoms with E-state index in [2.05, 4.69) is 5.10 Å². The number of rotatable bonds is 2. The summed E-state index contributed by atoms with van der Waals surface area (Å²) in [6.45, 7) is 2.54. The quantitative estimate of drug-likeness (QED) is 0.718. The molecule has 1 aliphatic rings. The first-order chi connectivity index (χ1) is 9.08. The van der Waals surface area contributed by atoms with Crippen molar-refractivity contribution in [3.8, 4) is 5.75 Å². The molecule has 0 saturated carbocycles. The summed E-state index contributed by atoms with van der Waals surface area (Å²) in [5.74, 6) is 0.594. The molecule has 1 aliphatic heterocycles. The number of aromatic nitrogens is 2. The highest BCUT2D eigenvalue weighted by Gasteiger charge is 2.31. The van der Waals surface area contributed by atoms with Crippen LogP contribution in [0.25, 0.3) is 10.9 Å². The van der Waals surface area contributed by atoms with Crippen LogP contribution >= 0.6 is 0 Å². The van der Waals surface area contributed by atoms with Gasteiger partial charge in [-0.2, -0.15) is 5.10 Å². The van der Waals surface area contributed by atoms with Crippen molar-refractivity contribution in [3.63, 3.8) is 0 Å². The summed E-state index contributed by atoms with van der Waals surface area (Å²) >= 11 is 0. The maximum absolute atomic E-state index is 10.2.